The highest BCUT2D eigenvalue weighted by molar-refractivity contribution is 5.52. The lowest BCUT2D eigenvalue weighted by Gasteiger charge is -2.02. The molecule has 2 aromatic heterocycles. The largest absolute Gasteiger partial charge is 0.310 e. The Kier molecular flexibility index (Phi) is 2.28. The van der Waals surface area contributed by atoms with Gasteiger partial charge in [0.2, 0.25) is 5.69 Å². The van der Waals surface area contributed by atoms with Crippen molar-refractivity contribution in [2.45, 2.75) is 26.7 Å². The summed E-state index contributed by atoms with van der Waals surface area (Å²) in [6.07, 6.45) is 6.59. The summed E-state index contributed by atoms with van der Waals surface area (Å²) in [5.41, 5.74) is 4.07. The van der Waals surface area contributed by atoms with Gasteiger partial charge in [0.1, 0.15) is 12.6 Å². The molecule has 0 amide bonds. The van der Waals surface area contributed by atoms with E-state index in [1.165, 1.54) is 23.3 Å². The minimum Gasteiger partial charge on any atom is -0.310 e. The average molecular weight is 189 g/mol. The van der Waals surface area contributed by atoms with Gasteiger partial charge in [-0.25, -0.2) is 4.57 Å². The predicted molar refractivity (Wildman–Crippen MR) is 57.3 cm³/mol. The molecule has 2 rings (SSSR count). The van der Waals surface area contributed by atoms with E-state index in [0.29, 0.717) is 0 Å². The summed E-state index contributed by atoms with van der Waals surface area (Å²) < 4.78 is 4.48. The maximum Gasteiger partial charge on any atom is 0.205 e. The molecule has 0 saturated carbocycles. The molecule has 74 valence electrons. The second-order valence-electron chi connectivity index (χ2n) is 3.84. The molecule has 0 radical (unpaired) electrons. The van der Waals surface area contributed by atoms with Crippen molar-refractivity contribution < 1.29 is 4.57 Å². The van der Waals surface area contributed by atoms with Crippen LogP contribution in [0, 0.1) is 6.92 Å². The van der Waals surface area contributed by atoms with Gasteiger partial charge in [0, 0.05) is 12.1 Å². The number of fused-ring (bicyclic) bond motifs is 1. The van der Waals surface area contributed by atoms with E-state index in [1.54, 1.807) is 0 Å². The Labute approximate surface area is 84.8 Å². The number of aryl methyl sites for hydroxylation is 3. The molecule has 14 heavy (non-hydrogen) atoms. The van der Waals surface area contributed by atoms with Crippen LogP contribution in [0.4, 0.5) is 0 Å². The van der Waals surface area contributed by atoms with E-state index < -0.39 is 0 Å². The molecule has 0 unspecified atom stereocenters. The summed E-state index contributed by atoms with van der Waals surface area (Å²) in [5, 5.41) is 0. The number of nitrogens with zero attached hydrogens (tertiary/aromatic N) is 2. The summed E-state index contributed by atoms with van der Waals surface area (Å²) in [6, 6.07) is 4.38. The lowest BCUT2D eigenvalue weighted by molar-refractivity contribution is -0.678. The fourth-order valence-electron chi connectivity index (χ4n) is 1.96. The highest BCUT2D eigenvalue weighted by atomic mass is 15.0. The lowest BCUT2D eigenvalue weighted by atomic mass is 10.2. The molecule has 0 fully saturated rings. The van der Waals surface area contributed by atoms with Gasteiger partial charge < -0.3 is 4.40 Å². The van der Waals surface area contributed by atoms with Crippen LogP contribution in [0.3, 0.4) is 0 Å². The van der Waals surface area contributed by atoms with Crippen LogP contribution >= 0.6 is 0 Å². The van der Waals surface area contributed by atoms with E-state index in [-0.39, 0.29) is 0 Å². The van der Waals surface area contributed by atoms with Crippen LogP contribution in [-0.2, 0) is 13.5 Å². The SMILES string of the molecule is CCCc1c2ccc(C)n2cc[n+]1C. The molecular weight excluding hydrogens is 172 g/mol. The van der Waals surface area contributed by atoms with Crippen LogP contribution in [0.1, 0.15) is 24.7 Å². The van der Waals surface area contributed by atoms with Crippen LogP contribution < -0.4 is 4.57 Å². The topological polar surface area (TPSA) is 8.29 Å². The zero-order valence-corrected chi connectivity index (χ0v) is 9.12. The molecule has 2 heteroatoms. The summed E-state index contributed by atoms with van der Waals surface area (Å²) in [7, 11) is 2.12. The lowest BCUT2D eigenvalue weighted by Crippen LogP contribution is -2.34. The first-order valence-corrected chi connectivity index (χ1v) is 5.19. The molecule has 0 bridgehead atoms. The van der Waals surface area contributed by atoms with Crippen LogP contribution in [0.5, 0.6) is 0 Å². The molecule has 0 saturated heterocycles. The van der Waals surface area contributed by atoms with Crippen molar-refractivity contribution in [3.63, 3.8) is 0 Å². The van der Waals surface area contributed by atoms with Crippen LogP contribution in [-0.4, -0.2) is 4.40 Å². The van der Waals surface area contributed by atoms with Gasteiger partial charge in [0.05, 0.1) is 6.20 Å². The number of aromatic nitrogens is 2. The summed E-state index contributed by atoms with van der Waals surface area (Å²) in [4.78, 5) is 0. The molecule has 2 nitrogen and oxygen atoms in total. The molecular formula is C12H17N2+. The smallest absolute Gasteiger partial charge is 0.205 e. The van der Waals surface area contributed by atoms with Gasteiger partial charge in [-0.2, -0.15) is 0 Å². The van der Waals surface area contributed by atoms with Gasteiger partial charge in [0.25, 0.3) is 0 Å². The average Bonchev–Trinajstić information content (AvgIpc) is 2.53. The predicted octanol–water partition coefficient (Wildman–Crippen LogP) is 2.02. The third-order valence-corrected chi connectivity index (χ3v) is 2.77. The molecule has 0 aromatic carbocycles. The van der Waals surface area contributed by atoms with Gasteiger partial charge >= 0.3 is 0 Å². The zero-order chi connectivity index (χ0) is 10.1. The monoisotopic (exact) mass is 189 g/mol. The Morgan fingerprint density at radius 1 is 1.36 bits per heavy atom. The van der Waals surface area contributed by atoms with Gasteiger partial charge in [-0.3, -0.25) is 0 Å². The van der Waals surface area contributed by atoms with E-state index in [0.717, 1.165) is 6.42 Å². The molecule has 0 spiro atoms. The van der Waals surface area contributed by atoms with E-state index in [4.69, 9.17) is 0 Å². The van der Waals surface area contributed by atoms with Crippen molar-refractivity contribution >= 4 is 5.52 Å². The quantitative estimate of drug-likeness (QED) is 0.639. The van der Waals surface area contributed by atoms with Crippen LogP contribution in [0.15, 0.2) is 24.5 Å². The van der Waals surface area contributed by atoms with E-state index in [1.807, 2.05) is 0 Å². The fourth-order valence-corrected chi connectivity index (χ4v) is 1.96. The minimum absolute atomic E-state index is 1.14. The fraction of sp³-hybridized carbons (Fsp3) is 0.417. The molecule has 2 heterocycles. The Hall–Kier alpha value is -1.31. The van der Waals surface area contributed by atoms with E-state index in [9.17, 15) is 0 Å². The second kappa shape index (κ2) is 3.45. The normalized spacial score (nSPS) is 11.1. The summed E-state index contributed by atoms with van der Waals surface area (Å²) >= 11 is 0. The second-order valence-corrected chi connectivity index (χ2v) is 3.84. The molecule has 0 aliphatic rings. The molecule has 2 aromatic rings. The van der Waals surface area contributed by atoms with Crippen molar-refractivity contribution in [3.8, 4) is 0 Å². The highest BCUT2D eigenvalue weighted by Crippen LogP contribution is 2.12. The third-order valence-electron chi connectivity index (χ3n) is 2.77. The van der Waals surface area contributed by atoms with Crippen molar-refractivity contribution in [3.05, 3.63) is 35.9 Å². The Bertz CT molecular complexity index is 455. The molecule has 0 N–H and O–H groups in total. The van der Waals surface area contributed by atoms with Gasteiger partial charge in [0.15, 0.2) is 6.20 Å². The van der Waals surface area contributed by atoms with Gasteiger partial charge in [-0.05, 0) is 25.5 Å². The first-order chi connectivity index (χ1) is 6.74. The van der Waals surface area contributed by atoms with Gasteiger partial charge in [-0.1, -0.05) is 6.92 Å². The Morgan fingerprint density at radius 2 is 2.14 bits per heavy atom. The highest BCUT2D eigenvalue weighted by Gasteiger charge is 2.11. The molecule has 0 aliphatic heterocycles. The number of hydrogen-bond acceptors (Lipinski definition) is 0. The van der Waals surface area contributed by atoms with Crippen LogP contribution in [0.25, 0.3) is 5.52 Å². The van der Waals surface area contributed by atoms with Crippen LogP contribution in [0.2, 0.25) is 0 Å². The van der Waals surface area contributed by atoms with Crippen molar-refractivity contribution in [1.29, 1.82) is 0 Å². The first-order valence-electron chi connectivity index (χ1n) is 5.19. The number of hydrogen-bond donors (Lipinski definition) is 0. The van der Waals surface area contributed by atoms with Crippen molar-refractivity contribution in [1.82, 2.24) is 4.40 Å². The van der Waals surface area contributed by atoms with Crippen molar-refractivity contribution in [2.75, 3.05) is 0 Å². The molecule has 0 aliphatic carbocycles. The minimum atomic E-state index is 1.14. The maximum atomic E-state index is 2.25. The maximum absolute atomic E-state index is 2.25. The van der Waals surface area contributed by atoms with E-state index >= 15 is 0 Å². The van der Waals surface area contributed by atoms with E-state index in [2.05, 4.69) is 54.4 Å². The summed E-state index contributed by atoms with van der Waals surface area (Å²) in [6.45, 7) is 4.36. The Morgan fingerprint density at radius 3 is 2.86 bits per heavy atom. The standard InChI is InChI=1S/C12H17N2/c1-4-5-11-12-7-6-10(2)14(12)9-8-13(11)3/h6-9H,4-5H2,1-3H3/q+1. The Balaban J connectivity index is 2.70. The van der Waals surface area contributed by atoms with Gasteiger partial charge in [-0.15, -0.1) is 0 Å². The van der Waals surface area contributed by atoms with Crippen molar-refractivity contribution in [2.24, 2.45) is 7.05 Å². The number of rotatable bonds is 2. The zero-order valence-electron chi connectivity index (χ0n) is 9.12. The summed E-state index contributed by atoms with van der Waals surface area (Å²) in [5.74, 6) is 0. The molecule has 0 atom stereocenters. The third kappa shape index (κ3) is 1.31. The first kappa shape index (κ1) is 9.25.